The van der Waals surface area contributed by atoms with Crippen molar-refractivity contribution >= 4 is 27.0 Å². The van der Waals surface area contributed by atoms with Crippen LogP contribution in [-0.2, 0) is 16.2 Å². The molecule has 0 saturated heterocycles. The van der Waals surface area contributed by atoms with Crippen LogP contribution >= 0.6 is 11.3 Å². The van der Waals surface area contributed by atoms with Crippen molar-refractivity contribution in [1.82, 2.24) is 10.2 Å². The second-order valence-corrected chi connectivity index (χ2v) is 8.81. The Morgan fingerprint density at radius 2 is 1.69 bits per heavy atom. The number of hydrogen-bond donors (Lipinski definition) is 2. The number of nitrogens with one attached hydrogen (secondary N) is 2. The van der Waals surface area contributed by atoms with Gasteiger partial charge in [0.15, 0.2) is 0 Å². The largest absolute Gasteiger partial charge is 0.497 e. The van der Waals surface area contributed by atoms with Crippen molar-refractivity contribution in [1.29, 1.82) is 0 Å². The number of benzene rings is 1. The number of methoxy groups -OCH3 is 2. The van der Waals surface area contributed by atoms with Crippen LogP contribution in [0.2, 0.25) is 0 Å². The summed E-state index contributed by atoms with van der Waals surface area (Å²) in [5, 5.41) is 5.55. The molecule has 0 unspecified atom stereocenters. The fourth-order valence-electron chi connectivity index (χ4n) is 2.53. The molecule has 7 nitrogen and oxygen atoms in total. The number of thiophene rings is 1. The molecule has 0 radical (unpaired) electrons. The Hall–Kier alpha value is -2.73. The molecule has 1 aromatic carbocycles. The van der Waals surface area contributed by atoms with Crippen molar-refractivity contribution in [2.24, 2.45) is 0 Å². The van der Waals surface area contributed by atoms with Crippen LogP contribution in [0.15, 0.2) is 35.2 Å². The van der Waals surface area contributed by atoms with Gasteiger partial charge in [-0.2, -0.15) is 18.3 Å². The van der Waals surface area contributed by atoms with Gasteiger partial charge < -0.3 is 9.47 Å². The molecular formula is C17H16F3N3O4S2. The van der Waals surface area contributed by atoms with Crippen LogP contribution in [0, 0.1) is 6.92 Å². The number of ether oxygens (including phenoxy) is 2. The predicted molar refractivity (Wildman–Crippen MR) is 102 cm³/mol. The third kappa shape index (κ3) is 4.48. The van der Waals surface area contributed by atoms with E-state index in [1.807, 2.05) is 5.10 Å². The second kappa shape index (κ2) is 7.59. The van der Waals surface area contributed by atoms with E-state index in [2.05, 4.69) is 9.82 Å². The first kappa shape index (κ1) is 21.0. The summed E-state index contributed by atoms with van der Waals surface area (Å²) in [5.74, 6) is 0.780. The van der Waals surface area contributed by atoms with Crippen molar-refractivity contribution in [3.63, 3.8) is 0 Å². The zero-order valence-electron chi connectivity index (χ0n) is 15.4. The number of H-pyrrole nitrogens is 1. The number of aryl methyl sites for hydroxylation is 1. The van der Waals surface area contributed by atoms with Gasteiger partial charge in [-0.15, -0.1) is 11.3 Å². The van der Waals surface area contributed by atoms with Gasteiger partial charge in [-0.05, 0) is 19.1 Å². The summed E-state index contributed by atoms with van der Waals surface area (Å²) in [4.78, 5) is 0.632. The highest BCUT2D eigenvalue weighted by molar-refractivity contribution is 7.93. The fraction of sp³-hybridized carbons (Fsp3) is 0.235. The molecule has 0 aliphatic carbocycles. The molecule has 156 valence electrons. The van der Waals surface area contributed by atoms with Gasteiger partial charge in [-0.25, -0.2) is 8.42 Å². The highest BCUT2D eigenvalue weighted by atomic mass is 32.2. The molecule has 29 heavy (non-hydrogen) atoms. The number of halogens is 3. The van der Waals surface area contributed by atoms with E-state index in [9.17, 15) is 21.6 Å². The Balaban J connectivity index is 1.93. The first-order valence-electron chi connectivity index (χ1n) is 8.03. The topological polar surface area (TPSA) is 93.3 Å². The molecule has 0 fully saturated rings. The van der Waals surface area contributed by atoms with Crippen molar-refractivity contribution in [2.45, 2.75) is 18.0 Å². The number of nitrogens with zero attached hydrogens (tertiary/aromatic N) is 1. The maximum Gasteiger partial charge on any atom is 0.432 e. The van der Waals surface area contributed by atoms with Crippen molar-refractivity contribution in [3.05, 3.63) is 40.9 Å². The minimum Gasteiger partial charge on any atom is -0.497 e. The number of anilines is 1. The number of aromatic nitrogens is 2. The van der Waals surface area contributed by atoms with Crippen molar-refractivity contribution in [3.8, 4) is 22.1 Å². The summed E-state index contributed by atoms with van der Waals surface area (Å²) in [6.45, 7) is 1.56. The average Bonchev–Trinajstić information content (AvgIpc) is 3.27. The molecule has 0 amide bonds. The minimum atomic E-state index is -4.57. The van der Waals surface area contributed by atoms with E-state index in [4.69, 9.17) is 9.47 Å². The Morgan fingerprint density at radius 3 is 2.21 bits per heavy atom. The molecule has 3 aromatic rings. The monoisotopic (exact) mass is 447 g/mol. The van der Waals surface area contributed by atoms with E-state index in [1.165, 1.54) is 32.4 Å². The summed E-state index contributed by atoms with van der Waals surface area (Å²) in [5.41, 5.74) is -0.785. The zero-order chi connectivity index (χ0) is 21.4. The smallest absolute Gasteiger partial charge is 0.432 e. The lowest BCUT2D eigenvalue weighted by Crippen LogP contribution is -2.13. The van der Waals surface area contributed by atoms with Crippen LogP contribution in [0.5, 0.6) is 11.5 Å². The van der Waals surface area contributed by atoms with Crippen molar-refractivity contribution in [2.75, 3.05) is 18.9 Å². The third-order valence-corrected chi connectivity index (χ3v) is 6.61. The van der Waals surface area contributed by atoms with Crippen molar-refractivity contribution < 1.29 is 31.1 Å². The molecule has 0 bridgehead atoms. The van der Waals surface area contributed by atoms with Gasteiger partial charge >= 0.3 is 6.18 Å². The lowest BCUT2D eigenvalue weighted by molar-refractivity contribution is -0.141. The van der Waals surface area contributed by atoms with E-state index < -0.39 is 21.9 Å². The van der Waals surface area contributed by atoms with E-state index in [0.29, 0.717) is 16.4 Å². The van der Waals surface area contributed by atoms with Gasteiger partial charge in [-0.1, -0.05) is 0 Å². The molecule has 2 heterocycles. The second-order valence-electron chi connectivity index (χ2n) is 5.90. The molecule has 3 rings (SSSR count). The Kier molecular flexibility index (Phi) is 5.50. The van der Waals surface area contributed by atoms with Crippen LogP contribution in [0.25, 0.3) is 10.6 Å². The number of aromatic amines is 1. The Labute approximate surface area is 168 Å². The summed E-state index contributed by atoms with van der Waals surface area (Å²) < 4.78 is 76.6. The number of sulfonamides is 1. The van der Waals surface area contributed by atoms with Crippen LogP contribution in [-0.4, -0.2) is 32.8 Å². The Morgan fingerprint density at radius 1 is 1.07 bits per heavy atom. The lowest BCUT2D eigenvalue weighted by Gasteiger charge is -2.11. The summed E-state index contributed by atoms with van der Waals surface area (Å²) >= 11 is 1.03. The normalized spacial score (nSPS) is 12.1. The van der Waals surface area contributed by atoms with E-state index in [0.717, 1.165) is 17.4 Å². The first-order valence-corrected chi connectivity index (χ1v) is 10.3. The van der Waals surface area contributed by atoms with Gasteiger partial charge in [0.1, 0.15) is 27.8 Å². The first-order chi connectivity index (χ1) is 13.5. The predicted octanol–water partition coefficient (Wildman–Crippen LogP) is 4.28. The van der Waals surface area contributed by atoms with E-state index >= 15 is 0 Å². The standard InChI is InChI=1S/C17H16F3N3O4S2/c1-9-15(8-14(28-9)13-7-16(22-21-13)17(18,19)20)29(24,25)23-10-4-11(26-2)6-12(5-10)27-3/h4-8,23H,1-3H3,(H,21,22). The molecule has 2 N–H and O–H groups in total. The van der Waals surface area contributed by atoms with E-state index in [1.54, 1.807) is 13.0 Å². The number of hydrogen-bond acceptors (Lipinski definition) is 6. The molecule has 0 aliphatic heterocycles. The highest BCUT2D eigenvalue weighted by Crippen LogP contribution is 2.36. The van der Waals surface area contributed by atoms with Gasteiger partial charge in [-0.3, -0.25) is 9.82 Å². The SMILES string of the molecule is COc1cc(NS(=O)(=O)c2cc(-c3cc(C(F)(F)F)[nH]n3)sc2C)cc(OC)c1. The molecule has 12 heteroatoms. The maximum absolute atomic E-state index is 12.8. The summed E-state index contributed by atoms with van der Waals surface area (Å²) in [6.07, 6.45) is -4.57. The zero-order valence-corrected chi connectivity index (χ0v) is 17.1. The quantitative estimate of drug-likeness (QED) is 0.588. The number of rotatable bonds is 6. The van der Waals surface area contributed by atoms with Gasteiger partial charge in [0, 0.05) is 23.1 Å². The minimum absolute atomic E-state index is 0.00919. The van der Waals surface area contributed by atoms with Crippen LogP contribution in [0.1, 0.15) is 10.6 Å². The molecule has 0 spiro atoms. The van der Waals surface area contributed by atoms with Gasteiger partial charge in [0.2, 0.25) is 0 Å². The fourth-order valence-corrected chi connectivity index (χ4v) is 5.12. The number of alkyl halides is 3. The molecular weight excluding hydrogens is 431 g/mol. The van der Waals surface area contributed by atoms with Gasteiger partial charge in [0.25, 0.3) is 10.0 Å². The third-order valence-electron chi connectivity index (χ3n) is 3.90. The van der Waals surface area contributed by atoms with Crippen LogP contribution < -0.4 is 14.2 Å². The Bertz CT molecular complexity index is 1110. The molecule has 0 aliphatic rings. The van der Waals surface area contributed by atoms with E-state index in [-0.39, 0.29) is 21.2 Å². The molecule has 2 aromatic heterocycles. The molecule has 0 atom stereocenters. The summed E-state index contributed by atoms with van der Waals surface area (Å²) in [7, 11) is -1.15. The van der Waals surface area contributed by atoms with Crippen LogP contribution in [0.4, 0.5) is 18.9 Å². The van der Waals surface area contributed by atoms with Crippen LogP contribution in [0.3, 0.4) is 0 Å². The summed E-state index contributed by atoms with van der Waals surface area (Å²) in [6, 6.07) is 6.66. The maximum atomic E-state index is 12.8. The highest BCUT2D eigenvalue weighted by Gasteiger charge is 2.33. The van der Waals surface area contributed by atoms with Gasteiger partial charge in [0.05, 0.1) is 24.8 Å². The molecule has 0 saturated carbocycles. The average molecular weight is 447 g/mol. The lowest BCUT2D eigenvalue weighted by atomic mass is 10.3.